The lowest BCUT2D eigenvalue weighted by Crippen LogP contribution is -2.27. The lowest BCUT2D eigenvalue weighted by molar-refractivity contribution is 0.204. The molecule has 0 fully saturated rings. The molecule has 1 heterocycles. The van der Waals surface area contributed by atoms with E-state index in [-0.39, 0.29) is 17.5 Å². The number of aromatic nitrogens is 2. The zero-order valence-corrected chi connectivity index (χ0v) is 11.4. The van der Waals surface area contributed by atoms with Gasteiger partial charge < -0.3 is 4.74 Å². The maximum absolute atomic E-state index is 11.9. The summed E-state index contributed by atoms with van der Waals surface area (Å²) in [6.45, 7) is 6.17. The number of nitrogens with one attached hydrogen (secondary N) is 1. The van der Waals surface area contributed by atoms with Crippen molar-refractivity contribution in [3.8, 4) is 0 Å². The molecule has 98 valence electrons. The molecule has 0 saturated carbocycles. The lowest BCUT2D eigenvalue weighted by Gasteiger charge is -2.05. The quantitative estimate of drug-likeness (QED) is 0.765. The first-order valence-corrected chi connectivity index (χ1v) is 6.91. The molecule has 0 aliphatic heterocycles. The van der Waals surface area contributed by atoms with Crippen molar-refractivity contribution in [2.24, 2.45) is 0 Å². The van der Waals surface area contributed by atoms with Crippen molar-refractivity contribution >= 4 is 10.0 Å². The highest BCUT2D eigenvalue weighted by Gasteiger charge is 2.20. The van der Waals surface area contributed by atoms with Gasteiger partial charge in [-0.05, 0) is 20.8 Å². The van der Waals surface area contributed by atoms with E-state index in [0.29, 0.717) is 12.3 Å². The third kappa shape index (κ3) is 3.52. The van der Waals surface area contributed by atoms with Crippen LogP contribution in [0.3, 0.4) is 0 Å². The van der Waals surface area contributed by atoms with Crippen LogP contribution in [0.4, 0.5) is 0 Å². The Morgan fingerprint density at radius 1 is 1.53 bits per heavy atom. The average Bonchev–Trinajstić information content (AvgIpc) is 2.61. The molecule has 1 rings (SSSR count). The number of hydrogen-bond acceptors (Lipinski definition) is 4. The monoisotopic (exact) mass is 261 g/mol. The molecule has 17 heavy (non-hydrogen) atoms. The third-order valence-electron chi connectivity index (χ3n) is 2.29. The van der Waals surface area contributed by atoms with E-state index in [4.69, 9.17) is 4.74 Å². The number of aryl methyl sites for hydroxylation is 1. The standard InChI is InChI=1S/C10H19N3O3S/c1-8(2)13-7-10(9(3)12-13)17(14,15)11-5-6-16-4/h7-8,11H,5-6H2,1-4H3. The van der Waals surface area contributed by atoms with Crippen molar-refractivity contribution in [2.45, 2.75) is 31.7 Å². The zero-order valence-electron chi connectivity index (χ0n) is 10.6. The summed E-state index contributed by atoms with van der Waals surface area (Å²) in [5, 5.41) is 4.17. The smallest absolute Gasteiger partial charge is 0.244 e. The number of methoxy groups -OCH3 is 1. The molecule has 0 aliphatic rings. The molecule has 7 heteroatoms. The van der Waals surface area contributed by atoms with Crippen molar-refractivity contribution in [3.63, 3.8) is 0 Å². The summed E-state index contributed by atoms with van der Waals surface area (Å²) in [6.07, 6.45) is 1.55. The highest BCUT2D eigenvalue weighted by atomic mass is 32.2. The molecular weight excluding hydrogens is 242 g/mol. The van der Waals surface area contributed by atoms with E-state index in [0.717, 1.165) is 0 Å². The van der Waals surface area contributed by atoms with Gasteiger partial charge in [0.15, 0.2) is 0 Å². The Morgan fingerprint density at radius 3 is 2.65 bits per heavy atom. The van der Waals surface area contributed by atoms with Crippen LogP contribution in [0.1, 0.15) is 25.6 Å². The lowest BCUT2D eigenvalue weighted by atomic mass is 10.4. The van der Waals surface area contributed by atoms with Crippen molar-refractivity contribution in [1.29, 1.82) is 0 Å². The van der Waals surface area contributed by atoms with Crippen molar-refractivity contribution in [2.75, 3.05) is 20.3 Å². The first kappa shape index (κ1) is 14.1. The van der Waals surface area contributed by atoms with Gasteiger partial charge in [-0.2, -0.15) is 5.10 Å². The predicted molar refractivity (Wildman–Crippen MR) is 64.4 cm³/mol. The van der Waals surface area contributed by atoms with Gasteiger partial charge in [0, 0.05) is 25.9 Å². The van der Waals surface area contributed by atoms with Crippen LogP contribution in [0.25, 0.3) is 0 Å². The van der Waals surface area contributed by atoms with E-state index in [9.17, 15) is 8.42 Å². The van der Waals surface area contributed by atoms with Gasteiger partial charge in [-0.3, -0.25) is 4.68 Å². The van der Waals surface area contributed by atoms with E-state index in [2.05, 4.69) is 9.82 Å². The van der Waals surface area contributed by atoms with Crippen molar-refractivity contribution in [1.82, 2.24) is 14.5 Å². The maximum atomic E-state index is 11.9. The molecule has 0 amide bonds. The molecule has 0 spiro atoms. The van der Waals surface area contributed by atoms with Gasteiger partial charge in [-0.1, -0.05) is 0 Å². The minimum Gasteiger partial charge on any atom is -0.383 e. The Hall–Kier alpha value is -0.920. The highest BCUT2D eigenvalue weighted by Crippen LogP contribution is 2.15. The van der Waals surface area contributed by atoms with Crippen LogP contribution in [-0.2, 0) is 14.8 Å². The molecule has 0 saturated heterocycles. The normalized spacial score (nSPS) is 12.3. The van der Waals surface area contributed by atoms with Gasteiger partial charge in [0.25, 0.3) is 0 Å². The van der Waals surface area contributed by atoms with Crippen LogP contribution in [0, 0.1) is 6.92 Å². The molecule has 0 radical (unpaired) electrons. The molecule has 0 bridgehead atoms. The SMILES string of the molecule is COCCNS(=O)(=O)c1cn(C(C)C)nc1C. The van der Waals surface area contributed by atoms with Crippen LogP contribution in [0.2, 0.25) is 0 Å². The van der Waals surface area contributed by atoms with Crippen molar-refractivity contribution < 1.29 is 13.2 Å². The van der Waals surface area contributed by atoms with Crippen LogP contribution in [0.5, 0.6) is 0 Å². The van der Waals surface area contributed by atoms with Gasteiger partial charge in [0.2, 0.25) is 10.0 Å². The predicted octanol–water partition coefficient (Wildman–Crippen LogP) is 0.697. The molecule has 6 nitrogen and oxygen atoms in total. The van der Waals surface area contributed by atoms with Crippen LogP contribution < -0.4 is 4.72 Å². The summed E-state index contributed by atoms with van der Waals surface area (Å²) in [6, 6.07) is 0.136. The third-order valence-corrected chi connectivity index (χ3v) is 3.85. The summed E-state index contributed by atoms with van der Waals surface area (Å²) in [5.74, 6) is 0. The molecule has 1 aromatic rings. The first-order valence-electron chi connectivity index (χ1n) is 5.43. The Labute approximate surface area is 102 Å². The minimum absolute atomic E-state index is 0.136. The molecule has 1 N–H and O–H groups in total. The van der Waals surface area contributed by atoms with Gasteiger partial charge in [0.1, 0.15) is 4.90 Å². The molecular formula is C10H19N3O3S. The summed E-state index contributed by atoms with van der Waals surface area (Å²) >= 11 is 0. The molecule has 0 aliphatic carbocycles. The Morgan fingerprint density at radius 2 is 2.18 bits per heavy atom. The molecule has 1 aromatic heterocycles. The van der Waals surface area contributed by atoms with Crippen molar-refractivity contribution in [3.05, 3.63) is 11.9 Å². The topological polar surface area (TPSA) is 73.2 Å². The van der Waals surface area contributed by atoms with E-state index in [1.54, 1.807) is 17.8 Å². The summed E-state index contributed by atoms with van der Waals surface area (Å²) < 4.78 is 32.8. The molecule has 0 aromatic carbocycles. The largest absolute Gasteiger partial charge is 0.383 e. The van der Waals surface area contributed by atoms with Gasteiger partial charge in [-0.15, -0.1) is 0 Å². The maximum Gasteiger partial charge on any atom is 0.244 e. The Kier molecular flexibility index (Phi) is 4.67. The van der Waals surface area contributed by atoms with Crippen LogP contribution >= 0.6 is 0 Å². The number of rotatable bonds is 6. The van der Waals surface area contributed by atoms with E-state index in [1.165, 1.54) is 7.11 Å². The average molecular weight is 261 g/mol. The van der Waals surface area contributed by atoms with Gasteiger partial charge >= 0.3 is 0 Å². The van der Waals surface area contributed by atoms with E-state index in [1.807, 2.05) is 13.8 Å². The van der Waals surface area contributed by atoms with Gasteiger partial charge in [-0.25, -0.2) is 13.1 Å². The molecule has 0 unspecified atom stereocenters. The number of nitrogens with zero attached hydrogens (tertiary/aromatic N) is 2. The fourth-order valence-electron chi connectivity index (χ4n) is 1.35. The number of hydrogen-bond donors (Lipinski definition) is 1. The second-order valence-corrected chi connectivity index (χ2v) is 5.78. The fourth-order valence-corrected chi connectivity index (χ4v) is 2.53. The second-order valence-electron chi connectivity index (χ2n) is 4.04. The van der Waals surface area contributed by atoms with Crippen LogP contribution in [0.15, 0.2) is 11.1 Å². The summed E-state index contributed by atoms with van der Waals surface area (Å²) in [4.78, 5) is 0.224. The highest BCUT2D eigenvalue weighted by molar-refractivity contribution is 7.89. The Balaban J connectivity index is 2.91. The fraction of sp³-hybridized carbons (Fsp3) is 0.700. The molecule has 0 atom stereocenters. The summed E-state index contributed by atoms with van der Waals surface area (Å²) in [5.41, 5.74) is 0.503. The van der Waals surface area contributed by atoms with Gasteiger partial charge in [0.05, 0.1) is 12.3 Å². The number of sulfonamides is 1. The second kappa shape index (κ2) is 5.61. The van der Waals surface area contributed by atoms with E-state index < -0.39 is 10.0 Å². The van der Waals surface area contributed by atoms with E-state index >= 15 is 0 Å². The minimum atomic E-state index is -3.49. The zero-order chi connectivity index (χ0) is 13.1. The Bertz CT molecular complexity index is 465. The van der Waals surface area contributed by atoms with Crippen LogP contribution in [-0.4, -0.2) is 38.5 Å². The number of ether oxygens (including phenoxy) is 1. The first-order chi connectivity index (χ1) is 7.88. The summed E-state index contributed by atoms with van der Waals surface area (Å²) in [7, 11) is -1.97.